The molecule has 0 aliphatic rings. The van der Waals surface area contributed by atoms with E-state index in [0.29, 0.717) is 5.92 Å². The van der Waals surface area contributed by atoms with Crippen LogP contribution in [-0.2, 0) is 11.3 Å². The number of hydrogen-bond donors (Lipinski definition) is 1. The standard InChI is InChI=1S/C28H33N3O2/c1-5-31(19-24-9-7-6-8-10-24)25-14-12-23(13-15-25)18-29-30-28(32)20-33-27-16-11-22(4)17-26(27)21(2)3/h6-18,21H,5,19-20H2,1-4H3,(H,30,32)/b29-18-. The van der Waals surface area contributed by atoms with Gasteiger partial charge < -0.3 is 9.64 Å². The van der Waals surface area contributed by atoms with E-state index in [1.807, 2.05) is 37.3 Å². The first-order chi connectivity index (χ1) is 16.0. The van der Waals surface area contributed by atoms with Crippen LogP contribution in [0.4, 0.5) is 5.69 Å². The first-order valence-corrected chi connectivity index (χ1v) is 11.4. The van der Waals surface area contributed by atoms with E-state index in [1.165, 1.54) is 11.1 Å². The summed E-state index contributed by atoms with van der Waals surface area (Å²) in [7, 11) is 0. The number of carbonyl (C=O) groups is 1. The lowest BCUT2D eigenvalue weighted by Crippen LogP contribution is -2.25. The third kappa shape index (κ3) is 7.21. The maximum atomic E-state index is 12.2. The second-order valence-corrected chi connectivity index (χ2v) is 8.37. The van der Waals surface area contributed by atoms with Crippen LogP contribution in [0.3, 0.4) is 0 Å². The summed E-state index contributed by atoms with van der Waals surface area (Å²) in [6.07, 6.45) is 1.64. The third-order valence-corrected chi connectivity index (χ3v) is 5.41. The highest BCUT2D eigenvalue weighted by Crippen LogP contribution is 2.27. The number of amides is 1. The van der Waals surface area contributed by atoms with Crippen molar-refractivity contribution in [3.05, 3.63) is 95.1 Å². The maximum absolute atomic E-state index is 12.2. The fourth-order valence-electron chi connectivity index (χ4n) is 3.57. The summed E-state index contributed by atoms with van der Waals surface area (Å²) in [5, 5.41) is 4.07. The lowest BCUT2D eigenvalue weighted by molar-refractivity contribution is -0.123. The van der Waals surface area contributed by atoms with Crippen LogP contribution in [0.25, 0.3) is 0 Å². The van der Waals surface area contributed by atoms with E-state index < -0.39 is 0 Å². The second kappa shape index (κ2) is 11.9. The van der Waals surface area contributed by atoms with Gasteiger partial charge in [0, 0.05) is 18.8 Å². The van der Waals surface area contributed by atoms with Crippen LogP contribution in [0.5, 0.6) is 5.75 Å². The number of hydrogen-bond acceptors (Lipinski definition) is 4. The Morgan fingerprint density at radius 2 is 1.79 bits per heavy atom. The molecule has 0 spiro atoms. The Hall–Kier alpha value is -3.60. The van der Waals surface area contributed by atoms with Crippen molar-refractivity contribution in [1.29, 1.82) is 0 Å². The monoisotopic (exact) mass is 443 g/mol. The SMILES string of the molecule is CCN(Cc1ccccc1)c1ccc(/C=N\NC(=O)COc2ccc(C)cc2C(C)C)cc1. The molecule has 0 fully saturated rings. The van der Waals surface area contributed by atoms with Crippen LogP contribution >= 0.6 is 0 Å². The number of carbonyl (C=O) groups excluding carboxylic acids is 1. The summed E-state index contributed by atoms with van der Waals surface area (Å²) in [5.74, 6) is 0.764. The first kappa shape index (κ1) is 24.1. The lowest BCUT2D eigenvalue weighted by atomic mass is 10.00. The Balaban J connectivity index is 1.51. The van der Waals surface area contributed by atoms with Crippen LogP contribution < -0.4 is 15.1 Å². The molecule has 0 aliphatic heterocycles. The van der Waals surface area contributed by atoms with Crippen molar-refractivity contribution in [2.24, 2.45) is 5.10 Å². The largest absolute Gasteiger partial charge is 0.483 e. The highest BCUT2D eigenvalue weighted by atomic mass is 16.5. The predicted molar refractivity (Wildman–Crippen MR) is 136 cm³/mol. The molecule has 0 aromatic heterocycles. The van der Waals surface area contributed by atoms with Crippen molar-refractivity contribution in [2.45, 2.75) is 40.2 Å². The third-order valence-electron chi connectivity index (χ3n) is 5.41. The van der Waals surface area contributed by atoms with E-state index >= 15 is 0 Å². The second-order valence-electron chi connectivity index (χ2n) is 8.37. The van der Waals surface area contributed by atoms with Crippen LogP contribution in [0, 0.1) is 6.92 Å². The maximum Gasteiger partial charge on any atom is 0.277 e. The fraction of sp³-hybridized carbons (Fsp3) is 0.286. The molecule has 33 heavy (non-hydrogen) atoms. The Kier molecular flexibility index (Phi) is 8.64. The summed E-state index contributed by atoms with van der Waals surface area (Å²) in [6.45, 7) is 10.1. The quantitative estimate of drug-likeness (QED) is 0.324. The van der Waals surface area contributed by atoms with E-state index in [2.05, 4.69) is 78.7 Å². The molecule has 3 aromatic carbocycles. The number of nitrogens with zero attached hydrogens (tertiary/aromatic N) is 2. The van der Waals surface area contributed by atoms with Crippen LogP contribution in [0.1, 0.15) is 48.9 Å². The minimum atomic E-state index is -0.293. The van der Waals surface area contributed by atoms with Crippen LogP contribution in [0.15, 0.2) is 77.9 Å². The van der Waals surface area contributed by atoms with E-state index in [-0.39, 0.29) is 12.5 Å². The molecule has 5 nitrogen and oxygen atoms in total. The van der Waals surface area contributed by atoms with Crippen molar-refractivity contribution in [2.75, 3.05) is 18.1 Å². The Bertz CT molecular complexity index is 1060. The average Bonchev–Trinajstić information content (AvgIpc) is 2.83. The molecular formula is C28H33N3O2. The van der Waals surface area contributed by atoms with Crippen molar-refractivity contribution in [1.82, 2.24) is 5.43 Å². The minimum absolute atomic E-state index is 0.0794. The zero-order valence-corrected chi connectivity index (χ0v) is 19.9. The molecule has 0 saturated heterocycles. The van der Waals surface area contributed by atoms with Crippen molar-refractivity contribution in [3.63, 3.8) is 0 Å². The zero-order chi connectivity index (χ0) is 23.6. The van der Waals surface area contributed by atoms with Gasteiger partial charge in [0.15, 0.2) is 6.61 Å². The van der Waals surface area contributed by atoms with Gasteiger partial charge in [-0.2, -0.15) is 5.10 Å². The van der Waals surface area contributed by atoms with Gasteiger partial charge in [0.05, 0.1) is 6.21 Å². The van der Waals surface area contributed by atoms with Gasteiger partial charge in [-0.1, -0.05) is 74.0 Å². The topological polar surface area (TPSA) is 53.9 Å². The Morgan fingerprint density at radius 1 is 1.06 bits per heavy atom. The lowest BCUT2D eigenvalue weighted by Gasteiger charge is -2.23. The summed E-state index contributed by atoms with van der Waals surface area (Å²) >= 11 is 0. The molecule has 0 atom stereocenters. The number of ether oxygens (including phenoxy) is 1. The number of hydrazone groups is 1. The molecule has 1 amide bonds. The molecule has 0 bridgehead atoms. The van der Waals surface area contributed by atoms with Crippen molar-refractivity contribution >= 4 is 17.8 Å². The van der Waals surface area contributed by atoms with Gasteiger partial charge in [0.25, 0.3) is 5.91 Å². The van der Waals surface area contributed by atoms with Gasteiger partial charge in [-0.3, -0.25) is 4.79 Å². The van der Waals surface area contributed by atoms with E-state index in [4.69, 9.17) is 4.74 Å². The molecule has 0 saturated carbocycles. The smallest absolute Gasteiger partial charge is 0.277 e. The highest BCUT2D eigenvalue weighted by Gasteiger charge is 2.10. The number of anilines is 1. The predicted octanol–water partition coefficient (Wildman–Crippen LogP) is 5.67. The zero-order valence-electron chi connectivity index (χ0n) is 19.9. The van der Waals surface area contributed by atoms with E-state index in [0.717, 1.165) is 35.7 Å². The molecule has 0 aliphatic carbocycles. The van der Waals surface area contributed by atoms with E-state index in [9.17, 15) is 4.79 Å². The molecule has 0 radical (unpaired) electrons. The van der Waals surface area contributed by atoms with Crippen LogP contribution in [0.2, 0.25) is 0 Å². The summed E-state index contributed by atoms with van der Waals surface area (Å²) in [4.78, 5) is 14.5. The fourth-order valence-corrected chi connectivity index (χ4v) is 3.57. The van der Waals surface area contributed by atoms with Crippen molar-refractivity contribution in [3.8, 4) is 5.75 Å². The number of benzene rings is 3. The van der Waals surface area contributed by atoms with Gasteiger partial charge in [0.2, 0.25) is 0 Å². The molecule has 3 aromatic rings. The summed E-state index contributed by atoms with van der Waals surface area (Å²) < 4.78 is 5.73. The molecular weight excluding hydrogens is 410 g/mol. The van der Waals surface area contributed by atoms with Crippen LogP contribution in [-0.4, -0.2) is 25.3 Å². The number of rotatable bonds is 10. The molecule has 0 heterocycles. The number of aryl methyl sites for hydroxylation is 1. The average molecular weight is 444 g/mol. The van der Waals surface area contributed by atoms with Gasteiger partial charge >= 0.3 is 0 Å². The van der Waals surface area contributed by atoms with E-state index in [1.54, 1.807) is 6.21 Å². The Labute approximate surface area is 197 Å². The summed E-state index contributed by atoms with van der Waals surface area (Å²) in [6, 6.07) is 24.6. The normalized spacial score (nSPS) is 11.1. The van der Waals surface area contributed by atoms with Gasteiger partial charge in [-0.25, -0.2) is 5.43 Å². The molecule has 0 unspecified atom stereocenters. The molecule has 5 heteroatoms. The van der Waals surface area contributed by atoms with Gasteiger partial charge in [0.1, 0.15) is 5.75 Å². The molecule has 172 valence electrons. The number of nitrogens with one attached hydrogen (secondary N) is 1. The highest BCUT2D eigenvalue weighted by molar-refractivity contribution is 5.83. The minimum Gasteiger partial charge on any atom is -0.483 e. The Morgan fingerprint density at radius 3 is 2.45 bits per heavy atom. The molecule has 1 N–H and O–H groups in total. The van der Waals surface area contributed by atoms with Gasteiger partial charge in [-0.05, 0) is 54.7 Å². The van der Waals surface area contributed by atoms with Gasteiger partial charge in [-0.15, -0.1) is 0 Å². The summed E-state index contributed by atoms with van der Waals surface area (Å²) in [5.41, 5.74) is 8.15. The first-order valence-electron chi connectivity index (χ1n) is 11.4. The van der Waals surface area contributed by atoms with Crippen molar-refractivity contribution < 1.29 is 9.53 Å². The molecule has 3 rings (SSSR count).